The number of aromatic nitrogens is 1. The summed E-state index contributed by atoms with van der Waals surface area (Å²) >= 11 is 6.73. The second-order valence-electron chi connectivity index (χ2n) is 8.59. The van der Waals surface area contributed by atoms with Gasteiger partial charge in [-0.05, 0) is 43.2 Å². The fourth-order valence-corrected chi connectivity index (χ4v) is 5.39. The number of anilines is 1. The van der Waals surface area contributed by atoms with Crippen LogP contribution in [0, 0.1) is 30.1 Å². The molecule has 30 heavy (non-hydrogen) atoms. The Balaban J connectivity index is 2.16. The molecule has 2 aliphatic heterocycles. The summed E-state index contributed by atoms with van der Waals surface area (Å²) in [5, 5.41) is 9.59. The van der Waals surface area contributed by atoms with Crippen molar-refractivity contribution in [2.24, 2.45) is 18.9 Å². The minimum atomic E-state index is -0.298. The van der Waals surface area contributed by atoms with E-state index in [9.17, 15) is 14.9 Å². The maximum Gasteiger partial charge on any atom is 0.270 e. The monoisotopic (exact) mass is 444 g/mol. The maximum absolute atomic E-state index is 13.0. The Labute approximate surface area is 187 Å². The number of hydrogen-bond donors (Lipinski definition) is 0. The van der Waals surface area contributed by atoms with E-state index in [2.05, 4.69) is 17.9 Å². The van der Waals surface area contributed by atoms with Gasteiger partial charge in [0.2, 0.25) is 0 Å². The minimum Gasteiger partial charge on any atom is -0.357 e. The van der Waals surface area contributed by atoms with Gasteiger partial charge in [0, 0.05) is 32.2 Å². The Morgan fingerprint density at radius 1 is 1.37 bits per heavy atom. The lowest BCUT2D eigenvalue weighted by atomic mass is 9.98. The number of piperidine rings is 1. The molecule has 0 N–H and O–H groups in total. The summed E-state index contributed by atoms with van der Waals surface area (Å²) < 4.78 is 2.11. The molecule has 0 radical (unpaired) electrons. The minimum absolute atomic E-state index is 0.108. The Morgan fingerprint density at radius 2 is 2.07 bits per heavy atom. The van der Waals surface area contributed by atoms with Crippen molar-refractivity contribution >= 4 is 46.1 Å². The highest BCUT2D eigenvalue weighted by molar-refractivity contribution is 8.26. The molecule has 0 aromatic carbocycles. The molecule has 0 aliphatic carbocycles. The lowest BCUT2D eigenvalue weighted by Crippen LogP contribution is -2.39. The SMILES string of the molecule is Cc1c(C=C2SC(=S)N(CC(C)C)C2=O)c(N2CCCC(C)C2)n(C)c(=O)c1C#N. The van der Waals surface area contributed by atoms with Gasteiger partial charge in [-0.15, -0.1) is 0 Å². The molecule has 6 nitrogen and oxygen atoms in total. The molecule has 2 fully saturated rings. The number of rotatable bonds is 4. The quantitative estimate of drug-likeness (QED) is 0.521. The average Bonchev–Trinajstić information content (AvgIpc) is 2.94. The van der Waals surface area contributed by atoms with Gasteiger partial charge in [-0.1, -0.05) is 44.8 Å². The van der Waals surface area contributed by atoms with E-state index in [1.54, 1.807) is 23.4 Å². The molecule has 3 heterocycles. The van der Waals surface area contributed by atoms with Crippen LogP contribution in [0.1, 0.15) is 50.3 Å². The molecule has 1 atom stereocenters. The third-order valence-corrected chi connectivity index (χ3v) is 7.00. The summed E-state index contributed by atoms with van der Waals surface area (Å²) in [5.41, 5.74) is 1.19. The van der Waals surface area contributed by atoms with Crippen molar-refractivity contribution in [3.8, 4) is 6.07 Å². The van der Waals surface area contributed by atoms with Crippen LogP contribution in [0.4, 0.5) is 5.82 Å². The zero-order chi connectivity index (χ0) is 22.2. The first-order valence-corrected chi connectivity index (χ1v) is 11.5. The highest BCUT2D eigenvalue weighted by atomic mass is 32.2. The van der Waals surface area contributed by atoms with E-state index < -0.39 is 0 Å². The largest absolute Gasteiger partial charge is 0.357 e. The van der Waals surface area contributed by atoms with E-state index in [1.807, 2.05) is 19.9 Å². The summed E-state index contributed by atoms with van der Waals surface area (Å²) in [7, 11) is 1.71. The standard InChI is InChI=1S/C22H28N4O2S2/c1-13(2)11-26-21(28)18(30-22(26)29)9-16-15(4)17(10-23)20(27)24(5)19(16)25-8-6-7-14(3)12-25/h9,13-14H,6-8,11-12H2,1-5H3. The van der Waals surface area contributed by atoms with Crippen LogP contribution in [0.3, 0.4) is 0 Å². The number of carbonyl (C=O) groups is 1. The van der Waals surface area contributed by atoms with Gasteiger partial charge in [-0.3, -0.25) is 19.1 Å². The van der Waals surface area contributed by atoms with E-state index in [1.165, 1.54) is 11.8 Å². The van der Waals surface area contributed by atoms with E-state index in [-0.39, 0.29) is 17.0 Å². The Kier molecular flexibility index (Phi) is 6.73. The smallest absolute Gasteiger partial charge is 0.270 e. The molecule has 1 aromatic rings. The zero-order valence-electron chi connectivity index (χ0n) is 18.2. The second-order valence-corrected chi connectivity index (χ2v) is 10.3. The van der Waals surface area contributed by atoms with Crippen LogP contribution in [0.5, 0.6) is 0 Å². The Bertz CT molecular complexity index is 1020. The molecule has 2 aliphatic rings. The molecule has 8 heteroatoms. The summed E-state index contributed by atoms with van der Waals surface area (Å²) in [6.07, 6.45) is 4.02. The molecule has 160 valence electrons. The molecule has 2 saturated heterocycles. The highest BCUT2D eigenvalue weighted by Crippen LogP contribution is 2.36. The van der Waals surface area contributed by atoms with E-state index in [0.717, 1.165) is 37.3 Å². The van der Waals surface area contributed by atoms with Crippen molar-refractivity contribution in [1.82, 2.24) is 9.47 Å². The Hall–Kier alpha value is -2.11. The van der Waals surface area contributed by atoms with Gasteiger partial charge in [0.05, 0.1) is 4.91 Å². The predicted octanol–water partition coefficient (Wildman–Crippen LogP) is 3.66. The van der Waals surface area contributed by atoms with Gasteiger partial charge < -0.3 is 4.90 Å². The number of nitriles is 1. The normalized spacial score (nSPS) is 21.1. The van der Waals surface area contributed by atoms with Gasteiger partial charge >= 0.3 is 0 Å². The molecule has 1 aromatic heterocycles. The van der Waals surface area contributed by atoms with E-state index >= 15 is 0 Å². The lowest BCUT2D eigenvalue weighted by molar-refractivity contribution is -0.122. The summed E-state index contributed by atoms with van der Waals surface area (Å²) in [5.74, 6) is 1.49. The first kappa shape index (κ1) is 22.6. The topological polar surface area (TPSA) is 69.3 Å². The van der Waals surface area contributed by atoms with Crippen LogP contribution in [-0.2, 0) is 11.8 Å². The molecule has 0 bridgehead atoms. The summed E-state index contributed by atoms with van der Waals surface area (Å²) in [6, 6.07) is 2.05. The van der Waals surface area contributed by atoms with Gasteiger partial charge in [0.1, 0.15) is 21.8 Å². The zero-order valence-corrected chi connectivity index (χ0v) is 19.8. The van der Waals surface area contributed by atoms with Crippen molar-refractivity contribution in [1.29, 1.82) is 5.26 Å². The number of pyridine rings is 1. The molecular formula is C22H28N4O2S2. The van der Waals surface area contributed by atoms with Crippen LogP contribution < -0.4 is 10.5 Å². The maximum atomic E-state index is 13.0. The average molecular weight is 445 g/mol. The first-order chi connectivity index (χ1) is 14.1. The third kappa shape index (κ3) is 4.19. The molecule has 0 spiro atoms. The predicted molar refractivity (Wildman–Crippen MR) is 126 cm³/mol. The molecular weight excluding hydrogens is 416 g/mol. The number of nitrogens with zero attached hydrogens (tertiary/aromatic N) is 4. The van der Waals surface area contributed by atoms with Crippen molar-refractivity contribution < 1.29 is 4.79 Å². The molecule has 1 unspecified atom stereocenters. The number of carbonyl (C=O) groups excluding carboxylic acids is 1. The van der Waals surface area contributed by atoms with E-state index in [0.29, 0.717) is 33.2 Å². The van der Waals surface area contributed by atoms with E-state index in [4.69, 9.17) is 12.2 Å². The van der Waals surface area contributed by atoms with Crippen LogP contribution in [0.2, 0.25) is 0 Å². The number of thiocarbonyl (C=S) groups is 1. The van der Waals surface area contributed by atoms with Gasteiger partial charge in [0.25, 0.3) is 11.5 Å². The van der Waals surface area contributed by atoms with Crippen LogP contribution in [0.15, 0.2) is 9.70 Å². The van der Waals surface area contributed by atoms with Crippen molar-refractivity contribution in [3.05, 3.63) is 31.9 Å². The van der Waals surface area contributed by atoms with Crippen LogP contribution in [0.25, 0.3) is 6.08 Å². The van der Waals surface area contributed by atoms with Crippen molar-refractivity contribution in [2.45, 2.75) is 40.5 Å². The first-order valence-electron chi connectivity index (χ1n) is 10.3. The van der Waals surface area contributed by atoms with Crippen molar-refractivity contribution in [2.75, 3.05) is 24.5 Å². The fraction of sp³-hybridized carbons (Fsp3) is 0.545. The van der Waals surface area contributed by atoms with Crippen LogP contribution >= 0.6 is 24.0 Å². The molecule has 1 amide bonds. The van der Waals surface area contributed by atoms with Gasteiger partial charge in [0.15, 0.2) is 0 Å². The molecule has 3 rings (SSSR count). The number of hydrogen-bond acceptors (Lipinski definition) is 6. The summed E-state index contributed by atoms with van der Waals surface area (Å²) in [4.78, 5) is 30.2. The van der Waals surface area contributed by atoms with Gasteiger partial charge in [-0.25, -0.2) is 0 Å². The highest BCUT2D eigenvalue weighted by Gasteiger charge is 2.33. The van der Waals surface area contributed by atoms with Gasteiger partial charge in [-0.2, -0.15) is 5.26 Å². The fourth-order valence-electron chi connectivity index (χ4n) is 4.13. The Morgan fingerprint density at radius 3 is 2.67 bits per heavy atom. The molecule has 0 saturated carbocycles. The van der Waals surface area contributed by atoms with Crippen molar-refractivity contribution in [3.63, 3.8) is 0 Å². The third-order valence-electron chi connectivity index (χ3n) is 5.62. The van der Waals surface area contributed by atoms with Crippen LogP contribution in [-0.4, -0.2) is 39.3 Å². The number of thioether (sulfide) groups is 1. The lowest BCUT2D eigenvalue weighted by Gasteiger charge is -2.35. The second kappa shape index (κ2) is 8.94. The number of amides is 1. The summed E-state index contributed by atoms with van der Waals surface area (Å²) in [6.45, 7) is 10.4.